The van der Waals surface area contributed by atoms with Crippen LogP contribution in [0.15, 0.2) is 51.5 Å². The Morgan fingerprint density at radius 1 is 1.03 bits per heavy atom. The van der Waals surface area contributed by atoms with E-state index in [1.165, 1.54) is 24.4 Å². The first kappa shape index (κ1) is 17.6. The van der Waals surface area contributed by atoms with E-state index in [1.807, 2.05) is 0 Å². The molecule has 0 unspecified atom stereocenters. The molecule has 3 heterocycles. The fourth-order valence-corrected chi connectivity index (χ4v) is 3.13. The molecule has 0 bridgehead atoms. The Balaban J connectivity index is 1.59. The van der Waals surface area contributed by atoms with Crippen molar-refractivity contribution in [2.45, 2.75) is 6.36 Å². The maximum Gasteiger partial charge on any atom is 0.573 e. The van der Waals surface area contributed by atoms with Gasteiger partial charge in [-0.2, -0.15) is 10.1 Å². The summed E-state index contributed by atoms with van der Waals surface area (Å²) in [6, 6.07) is 8.96. The van der Waals surface area contributed by atoms with Crippen molar-refractivity contribution < 1.29 is 26.8 Å². The summed E-state index contributed by atoms with van der Waals surface area (Å²) in [5.74, 6) is 0.0824. The maximum absolute atomic E-state index is 12.5. The molecule has 7 nitrogen and oxygen atoms in total. The van der Waals surface area contributed by atoms with Crippen LogP contribution in [0.3, 0.4) is 0 Å². The number of benzene rings is 2. The molecule has 0 aliphatic carbocycles. The third kappa shape index (κ3) is 3.17. The first-order valence-corrected chi connectivity index (χ1v) is 8.50. The Bertz CT molecular complexity index is 1360. The van der Waals surface area contributed by atoms with E-state index in [2.05, 4.69) is 25.1 Å². The number of halogens is 4. The van der Waals surface area contributed by atoms with Crippen LogP contribution in [0, 0.1) is 0 Å². The van der Waals surface area contributed by atoms with Gasteiger partial charge in [0.15, 0.2) is 0 Å². The number of aromatic nitrogens is 4. The van der Waals surface area contributed by atoms with Crippen molar-refractivity contribution in [1.29, 1.82) is 0 Å². The molecular formula is C18H8ClF3N4O3. The summed E-state index contributed by atoms with van der Waals surface area (Å²) >= 11 is 5.99. The minimum atomic E-state index is -4.78. The minimum Gasteiger partial charge on any atom is -0.456 e. The number of nitrogens with zero attached hydrogens (tertiary/aromatic N) is 3. The standard InChI is InChI=1S/C18H8ClF3N4O3/c19-12-7-23-25-15(12)17-24-16(26-29-17)8-1-3-13-10(5-8)11-6-9(28-18(20,21)22)2-4-14(11)27-13/h1-7H,(H,23,25). The molecule has 0 fully saturated rings. The number of fused-ring (bicyclic) bond motifs is 3. The zero-order valence-corrected chi connectivity index (χ0v) is 14.9. The molecule has 0 aliphatic rings. The van der Waals surface area contributed by atoms with E-state index in [1.54, 1.807) is 18.2 Å². The molecule has 0 aliphatic heterocycles. The van der Waals surface area contributed by atoms with Crippen LogP contribution < -0.4 is 4.74 Å². The average Bonchev–Trinajstić information content (AvgIpc) is 3.37. The van der Waals surface area contributed by atoms with E-state index < -0.39 is 6.36 Å². The summed E-state index contributed by atoms with van der Waals surface area (Å²) in [5.41, 5.74) is 1.88. The highest BCUT2D eigenvalue weighted by Crippen LogP contribution is 2.35. The van der Waals surface area contributed by atoms with Crippen LogP contribution in [0.5, 0.6) is 5.75 Å². The van der Waals surface area contributed by atoms with E-state index >= 15 is 0 Å². The highest BCUT2D eigenvalue weighted by molar-refractivity contribution is 6.32. The van der Waals surface area contributed by atoms with Crippen molar-refractivity contribution in [3.05, 3.63) is 47.6 Å². The van der Waals surface area contributed by atoms with Crippen LogP contribution in [0.25, 0.3) is 44.9 Å². The minimum absolute atomic E-state index is 0.153. The first-order valence-electron chi connectivity index (χ1n) is 8.13. The van der Waals surface area contributed by atoms with Gasteiger partial charge in [-0.3, -0.25) is 5.10 Å². The summed E-state index contributed by atoms with van der Waals surface area (Å²) in [4.78, 5) is 4.28. The summed E-state index contributed by atoms with van der Waals surface area (Å²) in [6.07, 6.45) is -3.38. The molecule has 5 aromatic rings. The number of rotatable bonds is 3. The van der Waals surface area contributed by atoms with E-state index in [9.17, 15) is 13.2 Å². The van der Waals surface area contributed by atoms with Gasteiger partial charge in [-0.1, -0.05) is 16.8 Å². The van der Waals surface area contributed by atoms with Gasteiger partial charge in [-0.05, 0) is 36.4 Å². The lowest BCUT2D eigenvalue weighted by molar-refractivity contribution is -0.274. The number of hydrogen-bond acceptors (Lipinski definition) is 6. The monoisotopic (exact) mass is 420 g/mol. The fourth-order valence-electron chi connectivity index (χ4n) is 2.96. The molecular weight excluding hydrogens is 413 g/mol. The van der Waals surface area contributed by atoms with Gasteiger partial charge in [0.25, 0.3) is 5.89 Å². The van der Waals surface area contributed by atoms with Crippen molar-refractivity contribution >= 4 is 33.5 Å². The molecule has 11 heteroatoms. The van der Waals surface area contributed by atoms with Gasteiger partial charge < -0.3 is 13.7 Å². The Morgan fingerprint density at radius 3 is 2.52 bits per heavy atom. The van der Waals surface area contributed by atoms with E-state index in [0.717, 1.165) is 0 Å². The summed E-state index contributed by atoms with van der Waals surface area (Å²) < 4.78 is 52.5. The third-order valence-electron chi connectivity index (χ3n) is 4.17. The van der Waals surface area contributed by atoms with Crippen molar-refractivity contribution in [2.24, 2.45) is 0 Å². The van der Waals surface area contributed by atoms with Crippen LogP contribution in [0.1, 0.15) is 0 Å². The molecule has 0 atom stereocenters. The quantitative estimate of drug-likeness (QED) is 0.410. The number of hydrogen-bond donors (Lipinski definition) is 1. The van der Waals surface area contributed by atoms with Crippen molar-refractivity contribution in [2.75, 3.05) is 0 Å². The second-order valence-corrected chi connectivity index (χ2v) is 6.44. The van der Waals surface area contributed by atoms with Crippen molar-refractivity contribution in [1.82, 2.24) is 20.3 Å². The van der Waals surface area contributed by atoms with Gasteiger partial charge in [-0.15, -0.1) is 13.2 Å². The van der Waals surface area contributed by atoms with Gasteiger partial charge in [0.1, 0.15) is 22.6 Å². The molecule has 29 heavy (non-hydrogen) atoms. The summed E-state index contributed by atoms with van der Waals surface area (Å²) in [7, 11) is 0. The lowest BCUT2D eigenvalue weighted by Gasteiger charge is -2.08. The zero-order valence-electron chi connectivity index (χ0n) is 14.1. The molecule has 0 spiro atoms. The number of alkyl halides is 3. The molecule has 0 saturated heterocycles. The highest BCUT2D eigenvalue weighted by Gasteiger charge is 2.31. The maximum atomic E-state index is 12.5. The van der Waals surface area contributed by atoms with Crippen LogP contribution in [-0.2, 0) is 0 Å². The molecule has 1 N–H and O–H groups in total. The van der Waals surface area contributed by atoms with Crippen molar-refractivity contribution in [3.8, 4) is 28.7 Å². The molecule has 0 amide bonds. The van der Waals surface area contributed by atoms with Crippen LogP contribution in [0.2, 0.25) is 5.02 Å². The number of aromatic amines is 1. The van der Waals surface area contributed by atoms with Gasteiger partial charge in [0, 0.05) is 16.3 Å². The average molecular weight is 421 g/mol. The topological polar surface area (TPSA) is 90.0 Å². The van der Waals surface area contributed by atoms with Crippen molar-refractivity contribution in [3.63, 3.8) is 0 Å². The molecule has 5 rings (SSSR count). The fraction of sp³-hybridized carbons (Fsp3) is 0.0556. The SMILES string of the molecule is FC(F)(F)Oc1ccc2oc3ccc(-c4noc(-c5[nH]ncc5Cl)n4)cc3c2c1. The van der Waals surface area contributed by atoms with Gasteiger partial charge in [0.05, 0.1) is 11.2 Å². The second kappa shape index (κ2) is 6.24. The number of H-pyrrole nitrogens is 1. The van der Waals surface area contributed by atoms with Crippen LogP contribution >= 0.6 is 11.6 Å². The van der Waals surface area contributed by atoms with E-state index in [4.69, 9.17) is 20.5 Å². The molecule has 0 radical (unpaired) electrons. The first-order chi connectivity index (χ1) is 13.9. The lowest BCUT2D eigenvalue weighted by atomic mass is 10.1. The summed E-state index contributed by atoms with van der Waals surface area (Å²) in [6.45, 7) is 0. The van der Waals surface area contributed by atoms with E-state index in [-0.39, 0.29) is 17.5 Å². The van der Waals surface area contributed by atoms with Gasteiger partial charge in [0.2, 0.25) is 5.82 Å². The predicted molar refractivity (Wildman–Crippen MR) is 96.3 cm³/mol. The zero-order chi connectivity index (χ0) is 20.2. The molecule has 3 aromatic heterocycles. The molecule has 146 valence electrons. The normalized spacial score (nSPS) is 12.1. The van der Waals surface area contributed by atoms with Gasteiger partial charge in [-0.25, -0.2) is 0 Å². The smallest absolute Gasteiger partial charge is 0.456 e. The number of furan rings is 1. The highest BCUT2D eigenvalue weighted by atomic mass is 35.5. The molecule has 0 saturated carbocycles. The summed E-state index contributed by atoms with van der Waals surface area (Å²) in [5, 5.41) is 11.7. The lowest BCUT2D eigenvalue weighted by Crippen LogP contribution is -2.16. The predicted octanol–water partition coefficient (Wildman–Crippen LogP) is 5.58. The Kier molecular flexibility index (Phi) is 3.78. The second-order valence-electron chi connectivity index (χ2n) is 6.03. The van der Waals surface area contributed by atoms with E-state index in [0.29, 0.717) is 38.2 Å². The van der Waals surface area contributed by atoms with Crippen LogP contribution in [-0.4, -0.2) is 26.7 Å². The Labute approximate surface area is 164 Å². The van der Waals surface area contributed by atoms with Gasteiger partial charge >= 0.3 is 6.36 Å². The largest absolute Gasteiger partial charge is 0.573 e. The van der Waals surface area contributed by atoms with Crippen LogP contribution in [0.4, 0.5) is 13.2 Å². The number of ether oxygens (including phenoxy) is 1. The number of nitrogens with one attached hydrogen (secondary N) is 1. The Hall–Kier alpha value is -3.53. The Morgan fingerprint density at radius 2 is 1.79 bits per heavy atom. The molecule has 2 aromatic carbocycles. The third-order valence-corrected chi connectivity index (χ3v) is 4.45.